The van der Waals surface area contributed by atoms with Gasteiger partial charge in [0.1, 0.15) is 5.75 Å². The van der Waals surface area contributed by atoms with E-state index in [0.717, 1.165) is 16.7 Å². The van der Waals surface area contributed by atoms with Gasteiger partial charge in [0, 0.05) is 17.8 Å². The quantitative estimate of drug-likeness (QED) is 0.555. The lowest BCUT2D eigenvalue weighted by Gasteiger charge is -2.17. The van der Waals surface area contributed by atoms with Crippen molar-refractivity contribution in [1.29, 1.82) is 0 Å². The fraction of sp³-hybridized carbons (Fsp3) is 0.200. The summed E-state index contributed by atoms with van der Waals surface area (Å²) >= 11 is 0. The molecule has 0 aromatic heterocycles. The number of amides is 2. The fourth-order valence-electron chi connectivity index (χ4n) is 2.99. The molecule has 3 aromatic carbocycles. The molecule has 5 nitrogen and oxygen atoms in total. The van der Waals surface area contributed by atoms with E-state index in [2.05, 4.69) is 10.6 Å². The van der Waals surface area contributed by atoms with Crippen LogP contribution in [-0.2, 0) is 9.59 Å². The molecule has 0 bridgehead atoms. The third-order valence-corrected chi connectivity index (χ3v) is 4.83. The van der Waals surface area contributed by atoms with E-state index in [0.29, 0.717) is 23.5 Å². The maximum absolute atomic E-state index is 12.6. The van der Waals surface area contributed by atoms with Crippen LogP contribution >= 0.6 is 0 Å². The Labute approximate surface area is 177 Å². The van der Waals surface area contributed by atoms with Crippen molar-refractivity contribution in [2.24, 2.45) is 0 Å². The van der Waals surface area contributed by atoms with Crippen molar-refractivity contribution in [2.75, 3.05) is 10.6 Å². The van der Waals surface area contributed by atoms with Crippen LogP contribution in [0.2, 0.25) is 0 Å². The predicted molar refractivity (Wildman–Crippen MR) is 121 cm³/mol. The van der Waals surface area contributed by atoms with Crippen LogP contribution in [0.4, 0.5) is 11.4 Å². The second-order valence-electron chi connectivity index (χ2n) is 7.02. The standard InChI is InChI=1S/C25H26N2O3/c1-4-24(28)26-22-11-8-12-23(17(22)2)27-25(29)18(3)30-21-15-13-20(14-16-21)19-9-6-5-7-10-19/h5-16,18H,4H2,1-3H3,(H,26,28)(H,27,29). The third kappa shape index (κ3) is 5.26. The molecule has 0 fully saturated rings. The lowest BCUT2D eigenvalue weighted by Crippen LogP contribution is -2.30. The van der Waals surface area contributed by atoms with E-state index in [-0.39, 0.29) is 11.8 Å². The van der Waals surface area contributed by atoms with E-state index >= 15 is 0 Å². The second kappa shape index (κ2) is 9.74. The van der Waals surface area contributed by atoms with Gasteiger partial charge in [-0.05, 0) is 54.8 Å². The predicted octanol–water partition coefficient (Wildman–Crippen LogP) is 5.42. The highest BCUT2D eigenvalue weighted by Crippen LogP contribution is 2.25. The zero-order valence-corrected chi connectivity index (χ0v) is 17.4. The topological polar surface area (TPSA) is 67.4 Å². The van der Waals surface area contributed by atoms with E-state index in [1.807, 2.05) is 67.6 Å². The van der Waals surface area contributed by atoms with Gasteiger partial charge in [0.05, 0.1) is 0 Å². The zero-order valence-electron chi connectivity index (χ0n) is 17.4. The smallest absolute Gasteiger partial charge is 0.265 e. The van der Waals surface area contributed by atoms with Crippen molar-refractivity contribution in [1.82, 2.24) is 0 Å². The molecule has 0 radical (unpaired) electrons. The monoisotopic (exact) mass is 402 g/mol. The Hall–Kier alpha value is -3.60. The van der Waals surface area contributed by atoms with Crippen LogP contribution in [0.1, 0.15) is 25.8 Å². The van der Waals surface area contributed by atoms with Gasteiger partial charge < -0.3 is 15.4 Å². The first-order chi connectivity index (χ1) is 14.5. The van der Waals surface area contributed by atoms with E-state index < -0.39 is 6.10 Å². The average molecular weight is 402 g/mol. The van der Waals surface area contributed by atoms with Crippen molar-refractivity contribution in [3.63, 3.8) is 0 Å². The molecule has 0 aliphatic rings. The van der Waals surface area contributed by atoms with Gasteiger partial charge in [-0.15, -0.1) is 0 Å². The Kier molecular flexibility index (Phi) is 6.86. The highest BCUT2D eigenvalue weighted by atomic mass is 16.5. The molecular formula is C25H26N2O3. The van der Waals surface area contributed by atoms with E-state index in [1.165, 1.54) is 0 Å². The van der Waals surface area contributed by atoms with Crippen molar-refractivity contribution < 1.29 is 14.3 Å². The summed E-state index contributed by atoms with van der Waals surface area (Å²) in [5, 5.41) is 5.72. The molecular weight excluding hydrogens is 376 g/mol. The number of hydrogen-bond donors (Lipinski definition) is 2. The van der Waals surface area contributed by atoms with Gasteiger partial charge in [0.2, 0.25) is 5.91 Å². The molecule has 3 aromatic rings. The summed E-state index contributed by atoms with van der Waals surface area (Å²) in [6, 6.07) is 23.1. The minimum atomic E-state index is -0.680. The SMILES string of the molecule is CCC(=O)Nc1cccc(NC(=O)C(C)Oc2ccc(-c3ccccc3)cc2)c1C. The number of anilines is 2. The summed E-state index contributed by atoms with van der Waals surface area (Å²) in [6.07, 6.45) is -0.287. The van der Waals surface area contributed by atoms with Gasteiger partial charge in [-0.1, -0.05) is 55.5 Å². The van der Waals surface area contributed by atoms with E-state index in [4.69, 9.17) is 4.74 Å². The van der Waals surface area contributed by atoms with Crippen LogP contribution in [0, 0.1) is 6.92 Å². The first kappa shape index (κ1) is 21.1. The number of hydrogen-bond acceptors (Lipinski definition) is 3. The summed E-state index contributed by atoms with van der Waals surface area (Å²) in [5.41, 5.74) is 4.34. The van der Waals surface area contributed by atoms with Gasteiger partial charge >= 0.3 is 0 Å². The van der Waals surface area contributed by atoms with E-state index in [1.54, 1.807) is 26.0 Å². The molecule has 3 rings (SSSR count). The van der Waals surface area contributed by atoms with Gasteiger partial charge in [-0.2, -0.15) is 0 Å². The van der Waals surface area contributed by atoms with Crippen molar-refractivity contribution in [2.45, 2.75) is 33.3 Å². The number of rotatable bonds is 7. The first-order valence-corrected chi connectivity index (χ1v) is 10.0. The minimum absolute atomic E-state index is 0.0720. The van der Waals surface area contributed by atoms with Crippen molar-refractivity contribution in [3.05, 3.63) is 78.4 Å². The van der Waals surface area contributed by atoms with Gasteiger partial charge in [-0.25, -0.2) is 0 Å². The summed E-state index contributed by atoms with van der Waals surface area (Å²) < 4.78 is 5.81. The third-order valence-electron chi connectivity index (χ3n) is 4.83. The Morgan fingerprint density at radius 2 is 1.43 bits per heavy atom. The van der Waals surface area contributed by atoms with Gasteiger partial charge in [0.15, 0.2) is 6.10 Å². The van der Waals surface area contributed by atoms with E-state index in [9.17, 15) is 9.59 Å². The molecule has 30 heavy (non-hydrogen) atoms. The summed E-state index contributed by atoms with van der Waals surface area (Å²) in [4.78, 5) is 24.3. The molecule has 2 amide bonds. The lowest BCUT2D eigenvalue weighted by molar-refractivity contribution is -0.122. The van der Waals surface area contributed by atoms with Crippen LogP contribution < -0.4 is 15.4 Å². The summed E-state index contributed by atoms with van der Waals surface area (Å²) in [7, 11) is 0. The zero-order chi connectivity index (χ0) is 21.5. The normalized spacial score (nSPS) is 11.4. The number of carbonyl (C=O) groups is 2. The Balaban J connectivity index is 1.64. The maximum atomic E-state index is 12.6. The fourth-order valence-corrected chi connectivity index (χ4v) is 2.99. The average Bonchev–Trinajstić information content (AvgIpc) is 2.77. The molecule has 2 N–H and O–H groups in total. The molecule has 0 saturated carbocycles. The molecule has 0 saturated heterocycles. The number of benzene rings is 3. The molecule has 0 aliphatic carbocycles. The number of nitrogens with one attached hydrogen (secondary N) is 2. The minimum Gasteiger partial charge on any atom is -0.481 e. The molecule has 1 unspecified atom stereocenters. The van der Waals surface area contributed by atoms with Crippen LogP contribution in [0.3, 0.4) is 0 Å². The summed E-state index contributed by atoms with van der Waals surface area (Å²) in [5.74, 6) is 0.291. The van der Waals surface area contributed by atoms with Gasteiger partial charge in [0.25, 0.3) is 5.91 Å². The molecule has 1 atom stereocenters. The number of ether oxygens (including phenoxy) is 1. The first-order valence-electron chi connectivity index (χ1n) is 10.0. The van der Waals surface area contributed by atoms with Crippen molar-refractivity contribution in [3.8, 4) is 16.9 Å². The maximum Gasteiger partial charge on any atom is 0.265 e. The van der Waals surface area contributed by atoms with Crippen LogP contribution in [0.25, 0.3) is 11.1 Å². The van der Waals surface area contributed by atoms with Crippen LogP contribution in [-0.4, -0.2) is 17.9 Å². The molecule has 0 heterocycles. The highest BCUT2D eigenvalue weighted by Gasteiger charge is 2.17. The van der Waals surface area contributed by atoms with Crippen molar-refractivity contribution >= 4 is 23.2 Å². The van der Waals surface area contributed by atoms with Crippen LogP contribution in [0.15, 0.2) is 72.8 Å². The Morgan fingerprint density at radius 3 is 2.07 bits per heavy atom. The van der Waals surface area contributed by atoms with Gasteiger partial charge in [-0.3, -0.25) is 9.59 Å². The highest BCUT2D eigenvalue weighted by molar-refractivity contribution is 5.97. The number of carbonyl (C=O) groups excluding carboxylic acids is 2. The molecule has 0 spiro atoms. The lowest BCUT2D eigenvalue weighted by atomic mass is 10.1. The molecule has 0 aliphatic heterocycles. The largest absolute Gasteiger partial charge is 0.481 e. The second-order valence-corrected chi connectivity index (χ2v) is 7.02. The summed E-state index contributed by atoms with van der Waals surface area (Å²) in [6.45, 7) is 5.36. The molecule has 5 heteroatoms. The molecule has 154 valence electrons. The Bertz CT molecular complexity index is 1010. The Morgan fingerprint density at radius 1 is 0.833 bits per heavy atom. The van der Waals surface area contributed by atoms with Crippen LogP contribution in [0.5, 0.6) is 5.75 Å².